The minimum atomic E-state index is -4.31. The Morgan fingerprint density at radius 2 is 1.89 bits per heavy atom. The van der Waals surface area contributed by atoms with Crippen LogP contribution in [-0.2, 0) is 10.2 Å². The van der Waals surface area contributed by atoms with Crippen molar-refractivity contribution in [2.24, 2.45) is 0 Å². The Morgan fingerprint density at radius 3 is 2.37 bits per heavy atom. The molecule has 104 valence electrons. The fourth-order valence-corrected chi connectivity index (χ4v) is 2.55. The summed E-state index contributed by atoms with van der Waals surface area (Å²) >= 11 is 0. The van der Waals surface area contributed by atoms with Crippen molar-refractivity contribution in [2.75, 3.05) is 6.61 Å². The molecule has 1 nitrogen and oxygen atoms in total. The number of halogens is 3. The molecule has 0 N–H and O–H groups in total. The fourth-order valence-electron chi connectivity index (χ4n) is 2.55. The Balaban J connectivity index is 2.31. The van der Waals surface area contributed by atoms with E-state index >= 15 is 0 Å². The second-order valence-electron chi connectivity index (χ2n) is 5.63. The molecule has 0 unspecified atom stereocenters. The molecule has 1 fully saturated rings. The molecule has 1 aliphatic heterocycles. The number of ether oxygens (including phenoxy) is 1. The van der Waals surface area contributed by atoms with Crippen LogP contribution in [0, 0.1) is 0 Å². The summed E-state index contributed by atoms with van der Waals surface area (Å²) in [6.45, 7) is 7.09. The summed E-state index contributed by atoms with van der Waals surface area (Å²) in [6, 6.07) is 7.39. The molecule has 1 aliphatic rings. The topological polar surface area (TPSA) is 12.5 Å². The maximum absolute atomic E-state index is 13.0. The Hall–Kier alpha value is -1.29. The van der Waals surface area contributed by atoms with Crippen molar-refractivity contribution in [2.45, 2.75) is 37.5 Å². The summed E-state index contributed by atoms with van der Waals surface area (Å²) < 4.78 is 43.7. The van der Waals surface area contributed by atoms with E-state index in [0.29, 0.717) is 0 Å². The summed E-state index contributed by atoms with van der Waals surface area (Å²) in [6.07, 6.45) is -2.72. The number of hydrogen-bond donors (Lipinski definition) is 0. The maximum Gasteiger partial charge on any atom is 0.419 e. The fraction of sp³-hybridized carbons (Fsp3) is 0.467. The lowest BCUT2D eigenvalue weighted by molar-refractivity contribution is -0.188. The van der Waals surface area contributed by atoms with Crippen LogP contribution in [-0.4, -0.2) is 18.4 Å². The highest BCUT2D eigenvalue weighted by atomic mass is 19.4. The van der Waals surface area contributed by atoms with Gasteiger partial charge in [0.25, 0.3) is 0 Å². The molecule has 0 amide bonds. The van der Waals surface area contributed by atoms with Crippen LogP contribution in [0.5, 0.6) is 0 Å². The summed E-state index contributed by atoms with van der Waals surface area (Å²) in [4.78, 5) is 0. The molecule has 1 saturated heterocycles. The molecule has 1 aromatic rings. The van der Waals surface area contributed by atoms with Crippen molar-refractivity contribution >= 4 is 6.08 Å². The van der Waals surface area contributed by atoms with Gasteiger partial charge in [0.1, 0.15) is 0 Å². The van der Waals surface area contributed by atoms with Gasteiger partial charge in [-0.25, -0.2) is 0 Å². The zero-order chi connectivity index (χ0) is 14.3. The Morgan fingerprint density at radius 1 is 1.32 bits per heavy atom. The molecule has 0 aliphatic carbocycles. The van der Waals surface area contributed by atoms with E-state index in [4.69, 9.17) is 4.74 Å². The van der Waals surface area contributed by atoms with Gasteiger partial charge in [0.05, 0.1) is 6.61 Å². The van der Waals surface area contributed by atoms with Crippen LogP contribution in [0.4, 0.5) is 13.2 Å². The van der Waals surface area contributed by atoms with Crippen molar-refractivity contribution in [3.05, 3.63) is 42.0 Å². The van der Waals surface area contributed by atoms with Crippen LogP contribution < -0.4 is 0 Å². The molecule has 0 bridgehead atoms. The summed E-state index contributed by atoms with van der Waals surface area (Å²) in [5, 5.41) is 0. The van der Waals surface area contributed by atoms with Crippen LogP contribution >= 0.6 is 0 Å². The Kier molecular flexibility index (Phi) is 3.25. The van der Waals surface area contributed by atoms with E-state index in [9.17, 15) is 13.2 Å². The minimum absolute atomic E-state index is 0.0750. The third kappa shape index (κ3) is 2.54. The van der Waals surface area contributed by atoms with Crippen molar-refractivity contribution in [1.29, 1.82) is 0 Å². The molecule has 19 heavy (non-hydrogen) atoms. The average molecular weight is 270 g/mol. The first-order valence-corrected chi connectivity index (χ1v) is 6.14. The van der Waals surface area contributed by atoms with Crippen molar-refractivity contribution in [3.8, 4) is 0 Å². The smallest absolute Gasteiger partial charge is 0.360 e. The quantitative estimate of drug-likeness (QED) is 0.742. The highest BCUT2D eigenvalue weighted by Crippen LogP contribution is 2.51. The summed E-state index contributed by atoms with van der Waals surface area (Å²) in [5.41, 5.74) is -0.865. The van der Waals surface area contributed by atoms with Gasteiger partial charge in [-0.2, -0.15) is 13.2 Å². The second-order valence-corrected chi connectivity index (χ2v) is 5.63. The van der Waals surface area contributed by atoms with E-state index in [1.165, 1.54) is 0 Å². The van der Waals surface area contributed by atoms with Gasteiger partial charge in [0.15, 0.2) is 5.60 Å². The lowest BCUT2D eigenvalue weighted by atomic mass is 9.75. The SMILES string of the molecule is C=Cc1ccccc1C(C)(C)C[C@]1(C(F)(F)F)CO1. The van der Waals surface area contributed by atoms with E-state index in [1.807, 2.05) is 38.1 Å². The first kappa shape index (κ1) is 14.1. The first-order chi connectivity index (χ1) is 8.72. The molecular formula is C15H17F3O. The Bertz CT molecular complexity index is 484. The van der Waals surface area contributed by atoms with E-state index < -0.39 is 17.2 Å². The van der Waals surface area contributed by atoms with Crippen molar-refractivity contribution in [1.82, 2.24) is 0 Å². The van der Waals surface area contributed by atoms with Crippen molar-refractivity contribution in [3.63, 3.8) is 0 Å². The first-order valence-electron chi connectivity index (χ1n) is 6.14. The summed E-state index contributed by atoms with van der Waals surface area (Å²) in [7, 11) is 0. The van der Waals surface area contributed by atoms with Crippen LogP contribution in [0.25, 0.3) is 6.08 Å². The molecule has 0 aromatic heterocycles. The van der Waals surface area contributed by atoms with Gasteiger partial charge in [-0.05, 0) is 23.0 Å². The lowest BCUT2D eigenvalue weighted by Gasteiger charge is -2.31. The average Bonchev–Trinajstić information content (AvgIpc) is 3.08. The molecule has 0 saturated carbocycles. The van der Waals surface area contributed by atoms with Gasteiger partial charge in [-0.1, -0.05) is 50.8 Å². The number of alkyl halides is 3. The van der Waals surface area contributed by atoms with Crippen LogP contribution in [0.2, 0.25) is 0 Å². The highest BCUT2D eigenvalue weighted by molar-refractivity contribution is 5.54. The maximum atomic E-state index is 13.0. The predicted octanol–water partition coefficient (Wildman–Crippen LogP) is 4.33. The highest BCUT2D eigenvalue weighted by Gasteiger charge is 2.67. The third-order valence-electron chi connectivity index (χ3n) is 3.65. The lowest BCUT2D eigenvalue weighted by Crippen LogP contribution is -2.39. The molecule has 1 heterocycles. The zero-order valence-electron chi connectivity index (χ0n) is 11.1. The Labute approximate surface area is 111 Å². The second kappa shape index (κ2) is 4.37. The van der Waals surface area contributed by atoms with Gasteiger partial charge in [-0.3, -0.25) is 0 Å². The zero-order valence-corrected chi connectivity index (χ0v) is 11.1. The molecule has 2 rings (SSSR count). The van der Waals surface area contributed by atoms with E-state index in [0.717, 1.165) is 11.1 Å². The van der Waals surface area contributed by atoms with Gasteiger partial charge >= 0.3 is 6.18 Å². The van der Waals surface area contributed by atoms with Gasteiger partial charge in [0.2, 0.25) is 0 Å². The van der Waals surface area contributed by atoms with E-state index in [1.54, 1.807) is 6.08 Å². The van der Waals surface area contributed by atoms with E-state index in [-0.39, 0.29) is 13.0 Å². The number of rotatable bonds is 4. The molecule has 0 radical (unpaired) electrons. The molecular weight excluding hydrogens is 253 g/mol. The monoisotopic (exact) mass is 270 g/mol. The van der Waals surface area contributed by atoms with Gasteiger partial charge in [0, 0.05) is 0 Å². The number of hydrogen-bond acceptors (Lipinski definition) is 1. The number of benzene rings is 1. The molecule has 1 atom stereocenters. The molecule has 0 spiro atoms. The van der Waals surface area contributed by atoms with Crippen molar-refractivity contribution < 1.29 is 17.9 Å². The number of epoxide rings is 1. The van der Waals surface area contributed by atoms with Crippen LogP contribution in [0.1, 0.15) is 31.4 Å². The summed E-state index contributed by atoms with van der Waals surface area (Å²) in [5.74, 6) is 0. The van der Waals surface area contributed by atoms with Gasteiger partial charge in [-0.15, -0.1) is 0 Å². The van der Waals surface area contributed by atoms with Gasteiger partial charge < -0.3 is 4.74 Å². The van der Waals surface area contributed by atoms with Crippen LogP contribution in [0.15, 0.2) is 30.8 Å². The van der Waals surface area contributed by atoms with E-state index in [2.05, 4.69) is 6.58 Å². The normalized spacial score (nSPS) is 23.2. The van der Waals surface area contributed by atoms with Crippen LogP contribution in [0.3, 0.4) is 0 Å². The molecule has 1 aromatic carbocycles. The standard InChI is InChI=1S/C15H17F3O/c1-4-11-7-5-6-8-12(11)13(2,3)9-14(10-19-14)15(16,17)18/h4-8H,1,9-10H2,2-3H3/t14-/m1/s1. The third-order valence-corrected chi connectivity index (χ3v) is 3.65. The predicted molar refractivity (Wildman–Crippen MR) is 68.9 cm³/mol. The largest absolute Gasteiger partial charge is 0.419 e. The molecule has 4 heteroatoms. The minimum Gasteiger partial charge on any atom is -0.360 e.